The van der Waals surface area contributed by atoms with Crippen molar-refractivity contribution in [1.82, 2.24) is 9.78 Å². The highest BCUT2D eigenvalue weighted by Gasteiger charge is 2.08. The lowest BCUT2D eigenvalue weighted by Crippen LogP contribution is -2.07. The summed E-state index contributed by atoms with van der Waals surface area (Å²) >= 11 is 0. The van der Waals surface area contributed by atoms with Gasteiger partial charge in [0.25, 0.3) is 0 Å². The predicted octanol–water partition coefficient (Wildman–Crippen LogP) is 2.93. The van der Waals surface area contributed by atoms with Crippen molar-refractivity contribution in [1.29, 1.82) is 0 Å². The van der Waals surface area contributed by atoms with Crippen molar-refractivity contribution in [2.75, 3.05) is 5.73 Å². The Bertz CT molecular complexity index is 532. The lowest BCUT2D eigenvalue weighted by molar-refractivity contribution is 0.298. The van der Waals surface area contributed by atoms with E-state index in [9.17, 15) is 0 Å². The van der Waals surface area contributed by atoms with Crippen molar-refractivity contribution < 1.29 is 4.74 Å². The summed E-state index contributed by atoms with van der Waals surface area (Å²) in [7, 11) is 0. The van der Waals surface area contributed by atoms with Crippen LogP contribution in [0.2, 0.25) is 0 Å². The van der Waals surface area contributed by atoms with E-state index in [-0.39, 0.29) is 6.04 Å². The van der Waals surface area contributed by atoms with Crippen LogP contribution in [0.15, 0.2) is 30.3 Å². The first-order chi connectivity index (χ1) is 8.56. The third-order valence-electron chi connectivity index (χ3n) is 2.68. The molecule has 0 aliphatic carbocycles. The molecule has 0 fully saturated rings. The van der Waals surface area contributed by atoms with Crippen LogP contribution in [0.3, 0.4) is 0 Å². The largest absolute Gasteiger partial charge is 0.487 e. The molecule has 0 amide bonds. The summed E-state index contributed by atoms with van der Waals surface area (Å²) in [5, 5.41) is 4.41. The maximum Gasteiger partial charge on any atom is 0.132 e. The van der Waals surface area contributed by atoms with Gasteiger partial charge in [-0.2, -0.15) is 5.10 Å². The van der Waals surface area contributed by atoms with Crippen LogP contribution in [0, 0.1) is 6.92 Å². The fourth-order valence-electron chi connectivity index (χ4n) is 1.81. The maximum absolute atomic E-state index is 5.88. The van der Waals surface area contributed by atoms with Crippen LogP contribution < -0.4 is 10.5 Å². The van der Waals surface area contributed by atoms with Crippen molar-refractivity contribution >= 4 is 5.82 Å². The van der Waals surface area contributed by atoms with Crippen LogP contribution in [0.1, 0.15) is 31.1 Å². The third-order valence-corrected chi connectivity index (χ3v) is 2.68. The van der Waals surface area contributed by atoms with E-state index in [0.717, 1.165) is 11.4 Å². The number of nitrogens with two attached hydrogens (primary N) is 1. The van der Waals surface area contributed by atoms with E-state index in [1.54, 1.807) is 4.68 Å². The van der Waals surface area contributed by atoms with E-state index in [1.165, 1.54) is 5.56 Å². The molecule has 1 heterocycles. The molecule has 18 heavy (non-hydrogen) atoms. The second kappa shape index (κ2) is 5.12. The monoisotopic (exact) mass is 245 g/mol. The van der Waals surface area contributed by atoms with E-state index in [0.29, 0.717) is 12.4 Å². The first-order valence-corrected chi connectivity index (χ1v) is 6.09. The van der Waals surface area contributed by atoms with Crippen LogP contribution in [0.5, 0.6) is 5.75 Å². The number of anilines is 1. The molecular weight excluding hydrogens is 226 g/mol. The first kappa shape index (κ1) is 12.5. The van der Waals surface area contributed by atoms with Crippen molar-refractivity contribution in [3.63, 3.8) is 0 Å². The smallest absolute Gasteiger partial charge is 0.132 e. The minimum absolute atomic E-state index is 0.262. The fraction of sp³-hybridized carbons (Fsp3) is 0.357. The molecule has 2 N–H and O–H groups in total. The van der Waals surface area contributed by atoms with Crippen molar-refractivity contribution in [2.45, 2.75) is 33.4 Å². The molecule has 4 nitrogen and oxygen atoms in total. The molecule has 0 aliphatic heterocycles. The second-order valence-electron chi connectivity index (χ2n) is 4.70. The Hall–Kier alpha value is -1.97. The van der Waals surface area contributed by atoms with Gasteiger partial charge in [0.05, 0.1) is 0 Å². The summed E-state index contributed by atoms with van der Waals surface area (Å²) in [4.78, 5) is 0. The molecule has 0 atom stereocenters. The summed E-state index contributed by atoms with van der Waals surface area (Å²) in [5.74, 6) is 1.53. The Morgan fingerprint density at radius 1 is 1.33 bits per heavy atom. The molecule has 4 heteroatoms. The van der Waals surface area contributed by atoms with Crippen molar-refractivity contribution in [3.8, 4) is 5.75 Å². The molecule has 0 unspecified atom stereocenters. The van der Waals surface area contributed by atoms with Gasteiger partial charge in [-0.3, -0.25) is 0 Å². The van der Waals surface area contributed by atoms with Gasteiger partial charge in [0.2, 0.25) is 0 Å². The maximum atomic E-state index is 5.88. The molecular formula is C14H19N3O. The number of rotatable bonds is 4. The zero-order valence-corrected chi connectivity index (χ0v) is 11.1. The number of aryl methyl sites for hydroxylation is 1. The molecule has 2 aromatic rings. The van der Waals surface area contributed by atoms with E-state index in [4.69, 9.17) is 10.5 Å². The van der Waals surface area contributed by atoms with Gasteiger partial charge in [-0.05, 0) is 38.5 Å². The molecule has 0 bridgehead atoms. The SMILES string of the molecule is Cc1cccc(OCc2cc(N)n(C(C)C)n2)c1. The van der Waals surface area contributed by atoms with E-state index < -0.39 is 0 Å². The van der Waals surface area contributed by atoms with Gasteiger partial charge in [-0.25, -0.2) is 4.68 Å². The van der Waals surface area contributed by atoms with Gasteiger partial charge < -0.3 is 10.5 Å². The summed E-state index contributed by atoms with van der Waals surface area (Å²) < 4.78 is 7.49. The Balaban J connectivity index is 2.04. The van der Waals surface area contributed by atoms with Gasteiger partial charge in [-0.1, -0.05) is 12.1 Å². The predicted molar refractivity (Wildman–Crippen MR) is 72.5 cm³/mol. The highest BCUT2D eigenvalue weighted by molar-refractivity contribution is 5.32. The minimum atomic E-state index is 0.262. The van der Waals surface area contributed by atoms with Gasteiger partial charge >= 0.3 is 0 Å². The summed E-state index contributed by atoms with van der Waals surface area (Å²) in [5.41, 5.74) is 7.91. The Kier molecular flexibility index (Phi) is 3.55. The number of nitrogen functional groups attached to an aromatic ring is 1. The number of benzene rings is 1. The standard InChI is InChI=1S/C14H19N3O/c1-10(2)17-14(15)8-12(16-17)9-18-13-6-4-5-11(3)7-13/h4-8,10H,9,15H2,1-3H3. The van der Waals surface area contributed by atoms with Gasteiger partial charge in [0, 0.05) is 12.1 Å². The van der Waals surface area contributed by atoms with Crippen LogP contribution in [-0.4, -0.2) is 9.78 Å². The summed E-state index contributed by atoms with van der Waals surface area (Å²) in [6.07, 6.45) is 0. The Morgan fingerprint density at radius 3 is 2.72 bits per heavy atom. The highest BCUT2D eigenvalue weighted by atomic mass is 16.5. The minimum Gasteiger partial charge on any atom is -0.487 e. The molecule has 96 valence electrons. The van der Waals surface area contributed by atoms with Crippen LogP contribution in [-0.2, 0) is 6.61 Å². The van der Waals surface area contributed by atoms with Crippen molar-refractivity contribution in [3.05, 3.63) is 41.6 Å². The fourth-order valence-corrected chi connectivity index (χ4v) is 1.81. The molecule has 1 aromatic carbocycles. The Labute approximate surface area is 107 Å². The molecule has 0 aliphatic rings. The van der Waals surface area contributed by atoms with Crippen LogP contribution in [0.4, 0.5) is 5.82 Å². The third kappa shape index (κ3) is 2.83. The zero-order valence-electron chi connectivity index (χ0n) is 11.1. The van der Waals surface area contributed by atoms with Crippen molar-refractivity contribution in [2.24, 2.45) is 0 Å². The normalized spacial score (nSPS) is 10.9. The number of aromatic nitrogens is 2. The van der Waals surface area contributed by atoms with Gasteiger partial charge in [-0.15, -0.1) is 0 Å². The van der Waals surface area contributed by atoms with E-state index in [2.05, 4.69) is 18.9 Å². The quantitative estimate of drug-likeness (QED) is 0.901. The number of nitrogens with zero attached hydrogens (tertiary/aromatic N) is 2. The van der Waals surface area contributed by atoms with Crippen LogP contribution in [0.25, 0.3) is 0 Å². The summed E-state index contributed by atoms with van der Waals surface area (Å²) in [6, 6.07) is 10.1. The zero-order chi connectivity index (χ0) is 13.1. The molecule has 0 saturated carbocycles. The van der Waals surface area contributed by atoms with Gasteiger partial charge in [0.15, 0.2) is 0 Å². The average Bonchev–Trinajstić information content (AvgIpc) is 2.68. The average molecular weight is 245 g/mol. The second-order valence-corrected chi connectivity index (χ2v) is 4.70. The lowest BCUT2D eigenvalue weighted by Gasteiger charge is -2.07. The molecule has 1 aromatic heterocycles. The topological polar surface area (TPSA) is 53.1 Å². The number of ether oxygens (including phenoxy) is 1. The number of hydrogen-bond acceptors (Lipinski definition) is 3. The van der Waals surface area contributed by atoms with E-state index in [1.807, 2.05) is 37.3 Å². The molecule has 0 spiro atoms. The van der Waals surface area contributed by atoms with Crippen LogP contribution >= 0.6 is 0 Å². The summed E-state index contributed by atoms with van der Waals surface area (Å²) in [6.45, 7) is 6.58. The Morgan fingerprint density at radius 2 is 2.11 bits per heavy atom. The molecule has 0 radical (unpaired) electrons. The van der Waals surface area contributed by atoms with E-state index >= 15 is 0 Å². The molecule has 2 rings (SSSR count). The lowest BCUT2D eigenvalue weighted by atomic mass is 10.2. The number of hydrogen-bond donors (Lipinski definition) is 1. The van der Waals surface area contributed by atoms with Gasteiger partial charge in [0.1, 0.15) is 23.9 Å². The highest BCUT2D eigenvalue weighted by Crippen LogP contribution is 2.17. The first-order valence-electron chi connectivity index (χ1n) is 6.09. The molecule has 0 saturated heterocycles.